The van der Waals surface area contributed by atoms with Gasteiger partial charge in [0.2, 0.25) is 11.7 Å². The van der Waals surface area contributed by atoms with Gasteiger partial charge in [-0.05, 0) is 31.0 Å². The summed E-state index contributed by atoms with van der Waals surface area (Å²) in [6.45, 7) is 0. The quantitative estimate of drug-likeness (QED) is 0.813. The summed E-state index contributed by atoms with van der Waals surface area (Å²) in [6.07, 6.45) is 1.83. The van der Waals surface area contributed by atoms with E-state index in [1.165, 1.54) is 12.1 Å². The van der Waals surface area contributed by atoms with Gasteiger partial charge < -0.3 is 9.63 Å². The molecule has 5 nitrogen and oxygen atoms in total. The van der Waals surface area contributed by atoms with E-state index < -0.39 is 5.97 Å². The molecule has 2 rings (SSSR count). The van der Waals surface area contributed by atoms with Gasteiger partial charge in [0.15, 0.2) is 0 Å². The summed E-state index contributed by atoms with van der Waals surface area (Å²) in [5, 5.41) is 12.3. The molecule has 1 aromatic carbocycles. The number of carboxylic acid groups (broad SMARTS) is 1. The van der Waals surface area contributed by atoms with Crippen LogP contribution in [0.15, 0.2) is 27.2 Å². The van der Waals surface area contributed by atoms with Crippen molar-refractivity contribution in [1.29, 1.82) is 0 Å². The van der Waals surface area contributed by atoms with Crippen molar-refractivity contribution in [1.82, 2.24) is 10.1 Å². The number of nitrogens with zero attached hydrogens (tertiary/aromatic N) is 2. The highest BCUT2D eigenvalue weighted by Gasteiger charge is 2.12. The maximum atomic E-state index is 13.2. The number of aliphatic carboxylic acids is 1. The van der Waals surface area contributed by atoms with Crippen molar-refractivity contribution in [2.75, 3.05) is 0 Å². The SMILES string of the molecule is O=C(O)CCCCc1nc(-c2cc(F)ccc2Br)no1. The summed E-state index contributed by atoms with van der Waals surface area (Å²) < 4.78 is 18.9. The Hall–Kier alpha value is -1.76. The van der Waals surface area contributed by atoms with Crippen LogP contribution in [0, 0.1) is 5.82 Å². The number of hydrogen-bond donors (Lipinski definition) is 1. The van der Waals surface area contributed by atoms with E-state index in [9.17, 15) is 9.18 Å². The van der Waals surface area contributed by atoms with Crippen molar-refractivity contribution in [2.24, 2.45) is 0 Å². The highest BCUT2D eigenvalue weighted by Crippen LogP contribution is 2.26. The molecule has 2 aromatic rings. The van der Waals surface area contributed by atoms with Crippen LogP contribution in [0.2, 0.25) is 0 Å². The Morgan fingerprint density at radius 3 is 2.95 bits per heavy atom. The van der Waals surface area contributed by atoms with Crippen LogP contribution in [0.25, 0.3) is 11.4 Å². The van der Waals surface area contributed by atoms with Crippen LogP contribution in [-0.4, -0.2) is 21.2 Å². The molecular formula is C13H12BrFN2O3. The second-order valence-electron chi connectivity index (χ2n) is 4.24. The number of carbonyl (C=O) groups is 1. The molecule has 0 unspecified atom stereocenters. The van der Waals surface area contributed by atoms with Gasteiger partial charge in [-0.3, -0.25) is 4.79 Å². The fourth-order valence-electron chi connectivity index (χ4n) is 1.69. The number of hydrogen-bond acceptors (Lipinski definition) is 4. The third kappa shape index (κ3) is 3.86. The molecule has 106 valence electrons. The van der Waals surface area contributed by atoms with E-state index in [4.69, 9.17) is 9.63 Å². The van der Waals surface area contributed by atoms with E-state index >= 15 is 0 Å². The summed E-state index contributed by atoms with van der Waals surface area (Å²) in [7, 11) is 0. The maximum absolute atomic E-state index is 13.2. The van der Waals surface area contributed by atoms with Crippen molar-refractivity contribution in [3.63, 3.8) is 0 Å². The third-order valence-corrected chi connectivity index (χ3v) is 3.36. The van der Waals surface area contributed by atoms with Crippen molar-refractivity contribution in [2.45, 2.75) is 25.7 Å². The van der Waals surface area contributed by atoms with E-state index in [1.807, 2.05) is 0 Å². The average molecular weight is 343 g/mol. The van der Waals surface area contributed by atoms with Gasteiger partial charge in [-0.1, -0.05) is 21.1 Å². The predicted molar refractivity (Wildman–Crippen MR) is 72.6 cm³/mol. The van der Waals surface area contributed by atoms with E-state index in [0.29, 0.717) is 41.0 Å². The van der Waals surface area contributed by atoms with E-state index in [2.05, 4.69) is 26.1 Å². The number of aromatic nitrogens is 2. The normalized spacial score (nSPS) is 10.7. The van der Waals surface area contributed by atoms with Gasteiger partial charge in [0.25, 0.3) is 0 Å². The summed E-state index contributed by atoms with van der Waals surface area (Å²) >= 11 is 3.30. The zero-order valence-corrected chi connectivity index (χ0v) is 12.1. The van der Waals surface area contributed by atoms with Gasteiger partial charge in [-0.2, -0.15) is 4.98 Å². The van der Waals surface area contributed by atoms with Gasteiger partial charge in [0.1, 0.15) is 5.82 Å². The minimum absolute atomic E-state index is 0.121. The molecule has 0 amide bonds. The second kappa shape index (κ2) is 6.60. The Balaban J connectivity index is 2.01. The smallest absolute Gasteiger partial charge is 0.303 e. The van der Waals surface area contributed by atoms with Crippen molar-refractivity contribution in [3.05, 3.63) is 34.4 Å². The van der Waals surface area contributed by atoms with E-state index in [0.717, 1.165) is 0 Å². The number of unbranched alkanes of at least 4 members (excludes halogenated alkanes) is 1. The molecule has 0 atom stereocenters. The molecular weight excluding hydrogens is 331 g/mol. The lowest BCUT2D eigenvalue weighted by molar-refractivity contribution is -0.137. The monoisotopic (exact) mass is 342 g/mol. The van der Waals surface area contributed by atoms with E-state index in [-0.39, 0.29) is 12.2 Å². The zero-order valence-electron chi connectivity index (χ0n) is 10.5. The summed E-state index contributed by atoms with van der Waals surface area (Å²) in [6, 6.07) is 4.23. The third-order valence-electron chi connectivity index (χ3n) is 2.67. The van der Waals surface area contributed by atoms with Crippen molar-refractivity contribution >= 4 is 21.9 Å². The number of rotatable bonds is 6. The zero-order chi connectivity index (χ0) is 14.5. The van der Waals surface area contributed by atoms with Gasteiger partial charge in [0, 0.05) is 22.9 Å². The van der Waals surface area contributed by atoms with Gasteiger partial charge in [-0.25, -0.2) is 4.39 Å². The molecule has 1 aromatic heterocycles. The molecule has 0 aliphatic rings. The van der Waals surface area contributed by atoms with Crippen LogP contribution in [-0.2, 0) is 11.2 Å². The predicted octanol–water partition coefficient (Wildman–Crippen LogP) is 3.44. The van der Waals surface area contributed by atoms with Crippen LogP contribution in [0.3, 0.4) is 0 Å². The minimum atomic E-state index is -0.820. The first-order valence-electron chi connectivity index (χ1n) is 6.06. The Bertz CT molecular complexity index is 615. The average Bonchev–Trinajstić information content (AvgIpc) is 2.86. The Morgan fingerprint density at radius 2 is 2.20 bits per heavy atom. The second-order valence-corrected chi connectivity index (χ2v) is 5.09. The molecule has 1 heterocycles. The minimum Gasteiger partial charge on any atom is -0.481 e. The molecule has 0 spiro atoms. The van der Waals surface area contributed by atoms with Crippen LogP contribution in [0.1, 0.15) is 25.2 Å². The van der Waals surface area contributed by atoms with E-state index in [1.54, 1.807) is 6.07 Å². The van der Waals surface area contributed by atoms with Gasteiger partial charge >= 0.3 is 5.97 Å². The molecule has 0 aliphatic heterocycles. The van der Waals surface area contributed by atoms with Crippen LogP contribution >= 0.6 is 15.9 Å². The molecule has 7 heteroatoms. The van der Waals surface area contributed by atoms with Gasteiger partial charge in [0.05, 0.1) is 0 Å². The first-order valence-corrected chi connectivity index (χ1v) is 6.85. The highest BCUT2D eigenvalue weighted by atomic mass is 79.9. The fourth-order valence-corrected chi connectivity index (χ4v) is 2.11. The van der Waals surface area contributed by atoms with Crippen molar-refractivity contribution < 1.29 is 18.8 Å². The lowest BCUT2D eigenvalue weighted by Crippen LogP contribution is -1.95. The van der Waals surface area contributed by atoms with Gasteiger partial charge in [-0.15, -0.1) is 0 Å². The lowest BCUT2D eigenvalue weighted by atomic mass is 10.2. The maximum Gasteiger partial charge on any atom is 0.303 e. The van der Waals surface area contributed by atoms with Crippen molar-refractivity contribution in [3.8, 4) is 11.4 Å². The Labute approximate surface area is 122 Å². The molecule has 0 aliphatic carbocycles. The number of benzene rings is 1. The largest absolute Gasteiger partial charge is 0.481 e. The molecule has 1 N–H and O–H groups in total. The number of halogens is 2. The Kier molecular flexibility index (Phi) is 4.84. The van der Waals surface area contributed by atoms with Crippen LogP contribution in [0.4, 0.5) is 4.39 Å². The van der Waals surface area contributed by atoms with Crippen LogP contribution < -0.4 is 0 Å². The highest BCUT2D eigenvalue weighted by molar-refractivity contribution is 9.10. The standard InChI is InChI=1S/C13H12BrFN2O3/c14-10-6-5-8(15)7-9(10)13-16-11(20-17-13)3-1-2-4-12(18)19/h5-7H,1-4H2,(H,18,19). The molecule has 0 saturated heterocycles. The summed E-state index contributed by atoms with van der Waals surface area (Å²) in [4.78, 5) is 14.6. The molecule has 0 saturated carbocycles. The van der Waals surface area contributed by atoms with Crippen LogP contribution in [0.5, 0.6) is 0 Å². The Morgan fingerprint density at radius 1 is 1.40 bits per heavy atom. The molecule has 20 heavy (non-hydrogen) atoms. The molecule has 0 radical (unpaired) electrons. The molecule has 0 fully saturated rings. The number of aryl methyl sites for hydroxylation is 1. The lowest BCUT2D eigenvalue weighted by Gasteiger charge is -1.98. The fraction of sp³-hybridized carbons (Fsp3) is 0.308. The summed E-state index contributed by atoms with van der Waals surface area (Å²) in [5.74, 6) is -0.470. The first kappa shape index (κ1) is 14.6. The first-order chi connectivity index (χ1) is 9.56. The topological polar surface area (TPSA) is 76.2 Å². The molecule has 0 bridgehead atoms. The number of carboxylic acids is 1. The summed E-state index contributed by atoms with van der Waals surface area (Å²) in [5.41, 5.74) is 0.519.